The third-order valence-corrected chi connectivity index (χ3v) is 2.98. The zero-order valence-corrected chi connectivity index (χ0v) is 9.76. The zero-order valence-electron chi connectivity index (χ0n) is 9.76. The first kappa shape index (κ1) is 11.6. The van der Waals surface area contributed by atoms with E-state index in [4.69, 9.17) is 0 Å². The second-order valence-electron chi connectivity index (χ2n) is 4.58. The Balaban J connectivity index is 2.03. The van der Waals surface area contributed by atoms with E-state index in [1.807, 2.05) is 0 Å². The fourth-order valence-electron chi connectivity index (χ4n) is 2.08. The van der Waals surface area contributed by atoms with Crippen molar-refractivity contribution >= 4 is 0 Å². The van der Waals surface area contributed by atoms with Crippen LogP contribution in [0.2, 0.25) is 0 Å². The Hall–Kier alpha value is -0.520. The minimum atomic E-state index is 0.876. The Morgan fingerprint density at radius 1 is 1.29 bits per heavy atom. The highest BCUT2D eigenvalue weighted by Crippen LogP contribution is 2.22. The van der Waals surface area contributed by atoms with E-state index in [9.17, 15) is 0 Å². The SMILES string of the molecule is CCCCCCC(C)CC1=CCC=C1. The topological polar surface area (TPSA) is 0 Å². The molecule has 0 N–H and O–H groups in total. The van der Waals surface area contributed by atoms with Gasteiger partial charge in [-0.2, -0.15) is 0 Å². The summed E-state index contributed by atoms with van der Waals surface area (Å²) in [5.41, 5.74) is 1.56. The summed E-state index contributed by atoms with van der Waals surface area (Å²) >= 11 is 0. The lowest BCUT2D eigenvalue weighted by Crippen LogP contribution is -1.95. The maximum atomic E-state index is 2.39. The molecule has 0 heteroatoms. The number of unbranched alkanes of at least 4 members (excludes halogenated alkanes) is 3. The van der Waals surface area contributed by atoms with Gasteiger partial charge in [0.1, 0.15) is 0 Å². The number of hydrogen-bond acceptors (Lipinski definition) is 0. The molecule has 0 fully saturated rings. The third-order valence-electron chi connectivity index (χ3n) is 2.98. The maximum Gasteiger partial charge on any atom is -0.0160 e. The van der Waals surface area contributed by atoms with E-state index in [1.165, 1.54) is 38.5 Å². The van der Waals surface area contributed by atoms with Crippen molar-refractivity contribution in [2.45, 2.75) is 58.8 Å². The fourth-order valence-corrected chi connectivity index (χ4v) is 2.08. The van der Waals surface area contributed by atoms with Gasteiger partial charge >= 0.3 is 0 Å². The van der Waals surface area contributed by atoms with Crippen LogP contribution in [0.4, 0.5) is 0 Å². The van der Waals surface area contributed by atoms with E-state index in [0.29, 0.717) is 0 Å². The number of allylic oxidation sites excluding steroid dienone is 4. The van der Waals surface area contributed by atoms with Crippen LogP contribution in [0.3, 0.4) is 0 Å². The van der Waals surface area contributed by atoms with Gasteiger partial charge in [-0.05, 0) is 18.8 Å². The van der Waals surface area contributed by atoms with Crippen LogP contribution in [-0.2, 0) is 0 Å². The summed E-state index contributed by atoms with van der Waals surface area (Å²) in [5, 5.41) is 0. The minimum absolute atomic E-state index is 0.876. The average molecular weight is 192 g/mol. The standard InChI is InChI=1S/C14H24/c1-3-4-5-6-9-13(2)12-14-10-7-8-11-14/h7,10-11,13H,3-6,8-9,12H2,1-2H3. The van der Waals surface area contributed by atoms with Crippen molar-refractivity contribution in [2.24, 2.45) is 5.92 Å². The molecule has 0 saturated heterocycles. The molecule has 0 aromatic carbocycles. The molecule has 0 bridgehead atoms. The lowest BCUT2D eigenvalue weighted by molar-refractivity contribution is 0.489. The Morgan fingerprint density at radius 2 is 2.14 bits per heavy atom. The predicted molar refractivity (Wildman–Crippen MR) is 64.4 cm³/mol. The smallest absolute Gasteiger partial charge is 0.0160 e. The molecule has 1 aliphatic carbocycles. The van der Waals surface area contributed by atoms with Crippen molar-refractivity contribution in [1.29, 1.82) is 0 Å². The first-order chi connectivity index (χ1) is 6.83. The van der Waals surface area contributed by atoms with Crippen LogP contribution >= 0.6 is 0 Å². The monoisotopic (exact) mass is 192 g/mol. The molecule has 0 amide bonds. The van der Waals surface area contributed by atoms with Crippen LogP contribution < -0.4 is 0 Å². The molecule has 80 valence electrons. The molecular formula is C14H24. The van der Waals surface area contributed by atoms with Gasteiger partial charge in [0.15, 0.2) is 0 Å². The van der Waals surface area contributed by atoms with Crippen molar-refractivity contribution in [3.8, 4) is 0 Å². The molecule has 1 rings (SSSR count). The lowest BCUT2D eigenvalue weighted by atomic mass is 9.96. The summed E-state index contributed by atoms with van der Waals surface area (Å²) < 4.78 is 0. The van der Waals surface area contributed by atoms with Gasteiger partial charge in [0, 0.05) is 0 Å². The molecule has 14 heavy (non-hydrogen) atoms. The quantitative estimate of drug-likeness (QED) is 0.505. The van der Waals surface area contributed by atoms with Gasteiger partial charge in [-0.25, -0.2) is 0 Å². The predicted octanol–water partition coefficient (Wildman–Crippen LogP) is 4.87. The van der Waals surface area contributed by atoms with Gasteiger partial charge in [0.05, 0.1) is 0 Å². The average Bonchev–Trinajstić information content (AvgIpc) is 2.65. The van der Waals surface area contributed by atoms with Gasteiger partial charge in [-0.15, -0.1) is 0 Å². The number of hydrogen-bond donors (Lipinski definition) is 0. The highest BCUT2D eigenvalue weighted by molar-refractivity contribution is 5.26. The van der Waals surface area contributed by atoms with Gasteiger partial charge in [0.25, 0.3) is 0 Å². The molecule has 1 aliphatic rings. The summed E-state index contributed by atoms with van der Waals surface area (Å²) in [4.78, 5) is 0. The first-order valence-electron chi connectivity index (χ1n) is 6.18. The van der Waals surface area contributed by atoms with Crippen molar-refractivity contribution < 1.29 is 0 Å². The second kappa shape index (κ2) is 6.86. The van der Waals surface area contributed by atoms with E-state index >= 15 is 0 Å². The van der Waals surface area contributed by atoms with E-state index < -0.39 is 0 Å². The van der Waals surface area contributed by atoms with Gasteiger partial charge in [-0.1, -0.05) is 69.8 Å². The summed E-state index contributed by atoms with van der Waals surface area (Å²) in [6, 6.07) is 0. The third kappa shape index (κ3) is 4.64. The zero-order chi connectivity index (χ0) is 10.2. The van der Waals surface area contributed by atoms with Crippen molar-refractivity contribution in [3.63, 3.8) is 0 Å². The molecule has 1 unspecified atom stereocenters. The highest BCUT2D eigenvalue weighted by atomic mass is 14.1. The molecule has 1 atom stereocenters. The Bertz CT molecular complexity index is 198. The van der Waals surface area contributed by atoms with Crippen molar-refractivity contribution in [2.75, 3.05) is 0 Å². The molecule has 0 nitrogen and oxygen atoms in total. The minimum Gasteiger partial charge on any atom is -0.0805 e. The molecular weight excluding hydrogens is 168 g/mol. The van der Waals surface area contributed by atoms with Crippen LogP contribution in [0, 0.1) is 5.92 Å². The normalized spacial score (nSPS) is 17.1. The molecule has 0 saturated carbocycles. The Morgan fingerprint density at radius 3 is 2.79 bits per heavy atom. The summed E-state index contributed by atoms with van der Waals surface area (Å²) in [5.74, 6) is 0.876. The van der Waals surface area contributed by atoms with Crippen molar-refractivity contribution in [3.05, 3.63) is 23.8 Å². The van der Waals surface area contributed by atoms with E-state index in [-0.39, 0.29) is 0 Å². The molecule has 0 heterocycles. The van der Waals surface area contributed by atoms with Gasteiger partial charge in [0.2, 0.25) is 0 Å². The summed E-state index contributed by atoms with van der Waals surface area (Å²) in [6.45, 7) is 4.66. The highest BCUT2D eigenvalue weighted by Gasteiger charge is 2.05. The van der Waals surface area contributed by atoms with E-state index in [1.54, 1.807) is 5.57 Å². The number of rotatable bonds is 7. The molecule has 0 aromatic heterocycles. The fraction of sp³-hybridized carbons (Fsp3) is 0.714. The Labute approximate surface area is 89.1 Å². The molecule has 0 radical (unpaired) electrons. The van der Waals surface area contributed by atoms with Crippen LogP contribution in [0.25, 0.3) is 0 Å². The van der Waals surface area contributed by atoms with E-state index in [2.05, 4.69) is 32.1 Å². The summed E-state index contributed by atoms with van der Waals surface area (Å²) in [6.07, 6.45) is 16.4. The van der Waals surface area contributed by atoms with Gasteiger partial charge < -0.3 is 0 Å². The van der Waals surface area contributed by atoms with Crippen LogP contribution in [-0.4, -0.2) is 0 Å². The Kier molecular flexibility index (Phi) is 5.66. The maximum absolute atomic E-state index is 2.39. The van der Waals surface area contributed by atoms with Crippen LogP contribution in [0.1, 0.15) is 58.8 Å². The molecule has 0 aromatic rings. The van der Waals surface area contributed by atoms with E-state index in [0.717, 1.165) is 12.3 Å². The second-order valence-corrected chi connectivity index (χ2v) is 4.58. The molecule has 0 aliphatic heterocycles. The van der Waals surface area contributed by atoms with Crippen molar-refractivity contribution in [1.82, 2.24) is 0 Å². The molecule has 0 spiro atoms. The van der Waals surface area contributed by atoms with Gasteiger partial charge in [-0.3, -0.25) is 0 Å². The van der Waals surface area contributed by atoms with Crippen LogP contribution in [0.15, 0.2) is 23.8 Å². The largest absolute Gasteiger partial charge is 0.0805 e. The van der Waals surface area contributed by atoms with Crippen LogP contribution in [0.5, 0.6) is 0 Å². The summed E-state index contributed by atoms with van der Waals surface area (Å²) in [7, 11) is 0. The first-order valence-corrected chi connectivity index (χ1v) is 6.18. The lowest BCUT2D eigenvalue weighted by Gasteiger charge is -2.10.